The number of fused-ring (bicyclic) bond motifs is 3. The molecule has 0 saturated carbocycles. The van der Waals surface area contributed by atoms with Crippen molar-refractivity contribution >= 4 is 16.9 Å². The predicted octanol–water partition coefficient (Wildman–Crippen LogP) is 20.0. The van der Waals surface area contributed by atoms with Crippen molar-refractivity contribution in [1.29, 1.82) is 0 Å². The van der Waals surface area contributed by atoms with Gasteiger partial charge in [-0.3, -0.25) is 9.36 Å². The van der Waals surface area contributed by atoms with Gasteiger partial charge in [0.15, 0.2) is 47.4 Å². The molecule has 6 N–H and O–H groups in total. The number of rotatable bonds is 6. The van der Waals surface area contributed by atoms with E-state index in [-0.39, 0.29) is 161 Å². The molecule has 13 nitrogen and oxygen atoms in total. The normalized spacial score (nSPS) is 13.4. The van der Waals surface area contributed by atoms with E-state index >= 15 is 0 Å². The van der Waals surface area contributed by atoms with Crippen LogP contribution in [0.25, 0.3) is 22.4 Å². The second-order valence-corrected chi connectivity index (χ2v) is 17.1. The topological polar surface area (TPSA) is 193 Å². The van der Waals surface area contributed by atoms with Gasteiger partial charge in [-0.1, -0.05) is 186 Å². The Kier molecular flexibility index (Phi) is 46.1. The number of aromatic hydroxyl groups is 6. The number of benzene rings is 9. The molecule has 3 radical (unpaired) electrons. The predicted molar refractivity (Wildman–Crippen MR) is 361 cm³/mol. The van der Waals surface area contributed by atoms with E-state index in [1.807, 2.05) is 180 Å². The van der Waals surface area contributed by atoms with Crippen molar-refractivity contribution in [3.8, 4) is 68.9 Å². The summed E-state index contributed by atoms with van der Waals surface area (Å²) in [6.45, 7) is 24.0. The van der Waals surface area contributed by atoms with Gasteiger partial charge in [-0.05, 0) is 115 Å². The fourth-order valence-corrected chi connectivity index (χ4v) is 8.70. The Bertz CT molecular complexity index is 3330. The van der Waals surface area contributed by atoms with Gasteiger partial charge in [0.05, 0.1) is 11.0 Å². The van der Waals surface area contributed by atoms with Crippen LogP contribution in [-0.4, -0.2) is 46.1 Å². The molecular formula is C75H91N2O11Y3-3. The van der Waals surface area contributed by atoms with E-state index in [4.69, 9.17) is 18.9 Å². The summed E-state index contributed by atoms with van der Waals surface area (Å²) in [7, 11) is 0. The first-order chi connectivity index (χ1) is 41.5. The van der Waals surface area contributed by atoms with Crippen LogP contribution in [0.5, 0.6) is 57.5 Å². The van der Waals surface area contributed by atoms with Crippen LogP contribution in [0.3, 0.4) is 0 Å². The Morgan fingerprint density at radius 1 is 0.341 bits per heavy atom. The number of imidazole rings is 1. The summed E-state index contributed by atoms with van der Waals surface area (Å²) in [5.41, 5.74) is 5.53. The zero-order valence-electron chi connectivity index (χ0n) is 55.4. The summed E-state index contributed by atoms with van der Waals surface area (Å²) in [6, 6.07) is 62.8. The van der Waals surface area contributed by atoms with Gasteiger partial charge >= 0.3 is 0 Å². The summed E-state index contributed by atoms with van der Waals surface area (Å²) < 4.78 is 26.1. The molecule has 0 fully saturated rings. The monoisotopic (exact) mass is 1460 g/mol. The molecule has 2 aliphatic heterocycles. The third-order valence-electron chi connectivity index (χ3n) is 12.0. The summed E-state index contributed by atoms with van der Waals surface area (Å²) >= 11 is 0. The molecule has 91 heavy (non-hydrogen) atoms. The molecule has 0 saturated heterocycles. The molecular weight excluding hydrogens is 1370 g/mol. The van der Waals surface area contributed by atoms with Crippen LogP contribution in [0, 0.1) is 22.3 Å². The summed E-state index contributed by atoms with van der Waals surface area (Å²) in [6.07, 6.45) is -1.75. The van der Waals surface area contributed by atoms with Crippen molar-refractivity contribution in [2.75, 3.05) is 0 Å². The molecule has 4 atom stereocenters. The number of phenolic OH excluding ortho intramolecular Hbond substituents is 6. The van der Waals surface area contributed by atoms with Crippen molar-refractivity contribution < 1.29 is 153 Å². The SMILES string of the molecule is CC.CC.CC.CC.CC.CC.O=C(c1cccc(O)c1)n1c(-c2cccc(O)c2)nc2ccccc21.Oc1cccc([C@@H]2Oc3ccccc3O[C@H]2c2cccc(O)c2)c1.Oc1cccc([C@H]2Oc3ccccc3O[C@H]2c2cccc(O)c2)c1.[CH3-].[CH3-].[CH3-].[Y].[Y].[Y]. The van der Waals surface area contributed by atoms with Crippen molar-refractivity contribution in [2.24, 2.45) is 0 Å². The maximum atomic E-state index is 13.1. The standard InChI is InChI=1S/C20H14N2O3.2C20H16O4.6C2H6.3CH3.3Y/c23-15-7-3-5-13(11-15)19-21-17-9-1-2-10-18(17)22(19)20(25)14-6-4-8-16(24)12-14;2*21-15-7-3-5-13(11-15)19-20(14-6-4-8-16(22)12-14)24-18-10-2-1-9-17(18)23-19;6*1-2;;;;;;/h1-12,23-24H;2*1-12,19-22H;6*1-2H3;3*1H3;;;/q;;;;;;;;;3*-1;;;/t;19-,20+;19-,20-;;;;;;;;;;;;/m..0............/s1. The van der Waals surface area contributed by atoms with E-state index in [1.54, 1.807) is 109 Å². The van der Waals surface area contributed by atoms with Crippen molar-refractivity contribution in [3.63, 3.8) is 0 Å². The van der Waals surface area contributed by atoms with Gasteiger partial charge in [-0.15, -0.1) is 0 Å². The Hall–Kier alpha value is -6.57. The fourth-order valence-electron chi connectivity index (χ4n) is 8.70. The third kappa shape index (κ3) is 24.4. The summed E-state index contributed by atoms with van der Waals surface area (Å²) in [5.74, 6) is 3.56. The number of ether oxygens (including phenoxy) is 4. The van der Waals surface area contributed by atoms with E-state index in [0.29, 0.717) is 51.0 Å². The van der Waals surface area contributed by atoms with Gasteiger partial charge in [0.2, 0.25) is 0 Å². The van der Waals surface area contributed by atoms with Gasteiger partial charge < -0.3 is 71.9 Å². The van der Waals surface area contributed by atoms with Gasteiger partial charge in [-0.2, -0.15) is 0 Å². The zero-order chi connectivity index (χ0) is 62.4. The number of nitrogens with zero attached hydrogens (tertiary/aromatic N) is 2. The number of carbonyl (C=O) groups excluding carboxylic acids is 1. The molecule has 9 aromatic carbocycles. The van der Waals surface area contributed by atoms with E-state index < -0.39 is 24.4 Å². The van der Waals surface area contributed by atoms with Gasteiger partial charge in [-0.25, -0.2) is 4.98 Å². The number of hydrogen-bond donors (Lipinski definition) is 6. The summed E-state index contributed by atoms with van der Waals surface area (Å²) in [4.78, 5) is 17.7. The van der Waals surface area contributed by atoms with Crippen LogP contribution < -0.4 is 18.9 Å². The molecule has 0 aliphatic carbocycles. The molecule has 0 amide bonds. The average Bonchev–Trinajstić information content (AvgIpc) is 1.82. The number of aromatic nitrogens is 2. The largest absolute Gasteiger partial charge is 0.508 e. The van der Waals surface area contributed by atoms with E-state index in [2.05, 4.69) is 4.98 Å². The van der Waals surface area contributed by atoms with E-state index in [1.165, 1.54) is 16.7 Å². The van der Waals surface area contributed by atoms with E-state index in [0.717, 1.165) is 22.3 Å². The molecule has 0 bridgehead atoms. The maximum absolute atomic E-state index is 13.1. The molecule has 2 aliphatic rings. The number of hydrogen-bond acceptors (Lipinski definition) is 12. The molecule has 0 spiro atoms. The maximum Gasteiger partial charge on any atom is 0.264 e. The molecule has 3 heterocycles. The minimum atomic E-state index is -0.436. The van der Waals surface area contributed by atoms with Crippen molar-refractivity contribution in [2.45, 2.75) is 108 Å². The van der Waals surface area contributed by atoms with Crippen LogP contribution in [0.1, 0.15) is 140 Å². The van der Waals surface area contributed by atoms with Crippen LogP contribution in [0.4, 0.5) is 0 Å². The first kappa shape index (κ1) is 88.6. The van der Waals surface area contributed by atoms with Crippen molar-refractivity contribution in [3.05, 3.63) is 268 Å². The first-order valence-electron chi connectivity index (χ1n) is 29.2. The number of para-hydroxylation sites is 6. The van der Waals surface area contributed by atoms with Crippen molar-refractivity contribution in [1.82, 2.24) is 9.55 Å². The smallest absolute Gasteiger partial charge is 0.264 e. The quantitative estimate of drug-likeness (QED) is 0.0865. The number of carbonyl (C=O) groups is 1. The Labute approximate surface area is 617 Å². The molecule has 10 aromatic rings. The second-order valence-electron chi connectivity index (χ2n) is 17.1. The molecule has 479 valence electrons. The Balaban J connectivity index is -0.00000114. The fraction of sp³-hybridized carbons (Fsp3) is 0.213. The average molecular weight is 1460 g/mol. The van der Waals surface area contributed by atoms with Crippen LogP contribution >= 0.6 is 0 Å². The van der Waals surface area contributed by atoms with Crippen LogP contribution in [0.15, 0.2) is 218 Å². The van der Waals surface area contributed by atoms with Crippen LogP contribution in [-0.2, 0) is 98.1 Å². The Morgan fingerprint density at radius 2 is 0.615 bits per heavy atom. The van der Waals surface area contributed by atoms with Crippen LogP contribution in [0.2, 0.25) is 0 Å². The van der Waals surface area contributed by atoms with Gasteiger partial charge in [0.1, 0.15) is 40.3 Å². The summed E-state index contributed by atoms with van der Waals surface area (Å²) in [5, 5.41) is 58.7. The molecule has 1 aromatic heterocycles. The zero-order valence-corrected chi connectivity index (χ0v) is 64.0. The van der Waals surface area contributed by atoms with Gasteiger partial charge in [0, 0.05) is 132 Å². The minimum absolute atomic E-state index is 0. The molecule has 12 rings (SSSR count). The second kappa shape index (κ2) is 47.3. The molecule has 16 heteroatoms. The van der Waals surface area contributed by atoms with E-state index in [9.17, 15) is 35.4 Å². The third-order valence-corrected chi connectivity index (χ3v) is 12.0. The minimum Gasteiger partial charge on any atom is -0.508 e. The first-order valence-corrected chi connectivity index (χ1v) is 29.2. The van der Waals surface area contributed by atoms with Gasteiger partial charge in [0.25, 0.3) is 5.91 Å². The number of phenols is 6. The Morgan fingerprint density at radius 3 is 0.923 bits per heavy atom. The molecule has 0 unspecified atom stereocenters.